The van der Waals surface area contributed by atoms with Gasteiger partial charge in [0.05, 0.1) is 5.69 Å². The number of rotatable bonds is 3. The Labute approximate surface area is 118 Å². The highest BCUT2D eigenvalue weighted by Crippen LogP contribution is 2.34. The molecular formula is C13H23N3S2. The molecule has 0 amide bonds. The number of thioether (sulfide) groups is 1. The fourth-order valence-corrected chi connectivity index (χ4v) is 4.85. The smallest absolute Gasteiger partial charge is 0.185 e. The maximum Gasteiger partial charge on any atom is 0.185 e. The average molecular weight is 285 g/mol. The predicted molar refractivity (Wildman–Crippen MR) is 82.8 cm³/mol. The van der Waals surface area contributed by atoms with E-state index in [2.05, 4.69) is 44.4 Å². The highest BCUT2D eigenvalue weighted by atomic mass is 32.2. The quantitative estimate of drug-likeness (QED) is 0.927. The Morgan fingerprint density at radius 1 is 1.33 bits per heavy atom. The zero-order valence-corrected chi connectivity index (χ0v) is 13.3. The van der Waals surface area contributed by atoms with E-state index in [-0.39, 0.29) is 0 Å². The largest absolute Gasteiger partial charge is 0.346 e. The summed E-state index contributed by atoms with van der Waals surface area (Å²) >= 11 is 3.85. The molecule has 2 heterocycles. The lowest BCUT2D eigenvalue weighted by molar-refractivity contribution is 0.720. The van der Waals surface area contributed by atoms with Gasteiger partial charge in [-0.3, -0.25) is 0 Å². The SMILES string of the molecule is CC1CN(c2nc(C(C)C)c(CN)s2)CC(C)S1. The second-order valence-corrected chi connectivity index (χ2v) is 8.27. The number of thiazole rings is 1. The van der Waals surface area contributed by atoms with Crippen molar-refractivity contribution < 1.29 is 0 Å². The Morgan fingerprint density at radius 3 is 2.39 bits per heavy atom. The second kappa shape index (κ2) is 5.80. The molecule has 2 rings (SSSR count). The minimum absolute atomic E-state index is 0.461. The van der Waals surface area contributed by atoms with Crippen LogP contribution in [0.2, 0.25) is 0 Å². The van der Waals surface area contributed by atoms with Crippen LogP contribution in [0.25, 0.3) is 0 Å². The molecule has 18 heavy (non-hydrogen) atoms. The van der Waals surface area contributed by atoms with Crippen molar-refractivity contribution >= 4 is 28.2 Å². The molecule has 2 atom stereocenters. The first-order chi connectivity index (χ1) is 8.51. The molecule has 1 aliphatic rings. The van der Waals surface area contributed by atoms with Gasteiger partial charge in [-0.2, -0.15) is 11.8 Å². The Bertz CT molecular complexity index is 393. The van der Waals surface area contributed by atoms with Crippen molar-refractivity contribution in [3.63, 3.8) is 0 Å². The van der Waals surface area contributed by atoms with Crippen molar-refractivity contribution in [1.82, 2.24) is 4.98 Å². The van der Waals surface area contributed by atoms with Gasteiger partial charge >= 0.3 is 0 Å². The lowest BCUT2D eigenvalue weighted by Crippen LogP contribution is -2.40. The van der Waals surface area contributed by atoms with Crippen molar-refractivity contribution in [1.29, 1.82) is 0 Å². The van der Waals surface area contributed by atoms with Gasteiger partial charge in [0.25, 0.3) is 0 Å². The Hall–Kier alpha value is -0.260. The summed E-state index contributed by atoms with van der Waals surface area (Å²) in [5.74, 6) is 0.461. The van der Waals surface area contributed by atoms with Crippen molar-refractivity contribution in [2.45, 2.75) is 50.7 Å². The number of hydrogen-bond acceptors (Lipinski definition) is 5. The molecule has 3 nitrogen and oxygen atoms in total. The third-order valence-electron chi connectivity index (χ3n) is 3.14. The van der Waals surface area contributed by atoms with E-state index in [1.807, 2.05) is 0 Å². The highest BCUT2D eigenvalue weighted by molar-refractivity contribution is 8.00. The third-order valence-corrected chi connectivity index (χ3v) is 5.52. The van der Waals surface area contributed by atoms with Gasteiger partial charge in [0, 0.05) is 35.0 Å². The molecule has 1 fully saturated rings. The number of nitrogens with two attached hydrogens (primary N) is 1. The van der Waals surface area contributed by atoms with Crippen LogP contribution in [0.3, 0.4) is 0 Å². The number of aromatic nitrogens is 1. The average Bonchev–Trinajstić information content (AvgIpc) is 2.71. The third kappa shape index (κ3) is 3.00. The van der Waals surface area contributed by atoms with Gasteiger partial charge < -0.3 is 10.6 Å². The Morgan fingerprint density at radius 2 is 1.94 bits per heavy atom. The van der Waals surface area contributed by atoms with Crippen molar-refractivity contribution in [3.8, 4) is 0 Å². The van der Waals surface area contributed by atoms with E-state index in [4.69, 9.17) is 10.7 Å². The van der Waals surface area contributed by atoms with E-state index in [9.17, 15) is 0 Å². The standard InChI is InChI=1S/C13H23N3S2/c1-8(2)12-11(5-14)18-13(15-12)16-6-9(3)17-10(4)7-16/h8-10H,5-7,14H2,1-4H3. The van der Waals surface area contributed by atoms with Crippen LogP contribution < -0.4 is 10.6 Å². The Kier molecular flexibility index (Phi) is 4.56. The van der Waals surface area contributed by atoms with Crippen LogP contribution in [0.4, 0.5) is 5.13 Å². The molecule has 1 saturated heterocycles. The van der Waals surface area contributed by atoms with E-state index in [1.54, 1.807) is 11.3 Å². The Balaban J connectivity index is 2.22. The molecule has 0 bridgehead atoms. The van der Waals surface area contributed by atoms with E-state index in [0.717, 1.165) is 18.2 Å². The molecule has 0 aromatic carbocycles. The molecule has 1 aromatic rings. The molecule has 2 unspecified atom stereocenters. The maximum atomic E-state index is 5.83. The number of anilines is 1. The van der Waals surface area contributed by atoms with Gasteiger partial charge in [0.2, 0.25) is 0 Å². The predicted octanol–water partition coefficient (Wildman–Crippen LogP) is 3.06. The van der Waals surface area contributed by atoms with Gasteiger partial charge in [-0.15, -0.1) is 11.3 Å². The van der Waals surface area contributed by atoms with E-state index >= 15 is 0 Å². The van der Waals surface area contributed by atoms with Gasteiger partial charge in [0.1, 0.15) is 0 Å². The lowest BCUT2D eigenvalue weighted by Gasteiger charge is -2.34. The van der Waals surface area contributed by atoms with Crippen LogP contribution in [0.1, 0.15) is 44.2 Å². The van der Waals surface area contributed by atoms with Crippen LogP contribution in [0.15, 0.2) is 0 Å². The molecule has 1 aliphatic heterocycles. The molecule has 0 radical (unpaired) electrons. The minimum Gasteiger partial charge on any atom is -0.346 e. The fourth-order valence-electron chi connectivity index (χ4n) is 2.42. The first-order valence-electron chi connectivity index (χ1n) is 6.61. The summed E-state index contributed by atoms with van der Waals surface area (Å²) in [7, 11) is 0. The number of hydrogen-bond donors (Lipinski definition) is 1. The zero-order valence-electron chi connectivity index (χ0n) is 11.6. The topological polar surface area (TPSA) is 42.2 Å². The van der Waals surface area contributed by atoms with Gasteiger partial charge in [-0.25, -0.2) is 4.98 Å². The highest BCUT2D eigenvalue weighted by Gasteiger charge is 2.25. The maximum absolute atomic E-state index is 5.83. The van der Waals surface area contributed by atoms with E-state index in [0.29, 0.717) is 23.0 Å². The molecule has 0 aliphatic carbocycles. The fraction of sp³-hybridized carbons (Fsp3) is 0.769. The molecule has 0 spiro atoms. The lowest BCUT2D eigenvalue weighted by atomic mass is 10.1. The summed E-state index contributed by atoms with van der Waals surface area (Å²) in [5.41, 5.74) is 7.02. The molecular weight excluding hydrogens is 262 g/mol. The first kappa shape index (κ1) is 14.2. The van der Waals surface area contributed by atoms with Gasteiger partial charge in [0.15, 0.2) is 5.13 Å². The summed E-state index contributed by atoms with van der Waals surface area (Å²) in [6, 6.07) is 0. The monoisotopic (exact) mass is 285 g/mol. The molecule has 102 valence electrons. The minimum atomic E-state index is 0.461. The first-order valence-corrected chi connectivity index (χ1v) is 8.37. The second-order valence-electron chi connectivity index (χ2n) is 5.33. The molecule has 0 saturated carbocycles. The van der Waals surface area contributed by atoms with Gasteiger partial charge in [-0.05, 0) is 5.92 Å². The van der Waals surface area contributed by atoms with Crippen LogP contribution in [0, 0.1) is 0 Å². The summed E-state index contributed by atoms with van der Waals surface area (Å²) in [4.78, 5) is 8.51. The van der Waals surface area contributed by atoms with E-state index < -0.39 is 0 Å². The van der Waals surface area contributed by atoms with Crippen LogP contribution >= 0.6 is 23.1 Å². The van der Waals surface area contributed by atoms with Crippen LogP contribution in [0.5, 0.6) is 0 Å². The van der Waals surface area contributed by atoms with Crippen molar-refractivity contribution in [3.05, 3.63) is 10.6 Å². The van der Waals surface area contributed by atoms with Crippen molar-refractivity contribution in [2.75, 3.05) is 18.0 Å². The molecule has 1 aromatic heterocycles. The van der Waals surface area contributed by atoms with E-state index in [1.165, 1.54) is 10.6 Å². The van der Waals surface area contributed by atoms with Crippen LogP contribution in [-0.2, 0) is 6.54 Å². The zero-order chi connectivity index (χ0) is 13.3. The number of nitrogens with zero attached hydrogens (tertiary/aromatic N) is 2. The summed E-state index contributed by atoms with van der Waals surface area (Å²) in [5, 5.41) is 2.53. The molecule has 2 N–H and O–H groups in total. The van der Waals surface area contributed by atoms with Crippen molar-refractivity contribution in [2.24, 2.45) is 5.73 Å². The normalized spacial score (nSPS) is 24.9. The summed E-state index contributed by atoms with van der Waals surface area (Å²) in [6.45, 7) is 11.8. The van der Waals surface area contributed by atoms with Gasteiger partial charge in [-0.1, -0.05) is 27.7 Å². The molecule has 5 heteroatoms. The van der Waals surface area contributed by atoms with Crippen LogP contribution in [-0.4, -0.2) is 28.6 Å². The summed E-state index contributed by atoms with van der Waals surface area (Å²) < 4.78 is 0. The summed E-state index contributed by atoms with van der Waals surface area (Å²) in [6.07, 6.45) is 0.